The second-order valence-corrected chi connectivity index (χ2v) is 7.43. The van der Waals surface area contributed by atoms with Gasteiger partial charge in [0.05, 0.1) is 25.3 Å². The molecule has 2 amide bonds. The molecule has 7 nitrogen and oxygen atoms in total. The molecule has 28 heavy (non-hydrogen) atoms. The highest BCUT2D eigenvalue weighted by Crippen LogP contribution is 2.34. The third kappa shape index (κ3) is 3.98. The Balaban J connectivity index is 1.74. The number of methoxy groups -OCH3 is 1. The third-order valence-corrected chi connectivity index (χ3v) is 5.61. The van der Waals surface area contributed by atoms with Crippen LogP contribution < -0.4 is 15.0 Å². The van der Waals surface area contributed by atoms with E-state index in [0.29, 0.717) is 24.3 Å². The minimum absolute atomic E-state index is 0.114. The highest BCUT2D eigenvalue weighted by Gasteiger charge is 2.45. The molecule has 1 saturated heterocycles. The van der Waals surface area contributed by atoms with Gasteiger partial charge in [-0.2, -0.15) is 0 Å². The summed E-state index contributed by atoms with van der Waals surface area (Å²) in [6, 6.07) is 7.25. The molecule has 0 radical (unpaired) electrons. The SMILES string of the molecule is CCOC(=O)C1(NC(=O)C2CC(=O)N(c3ccccc3OC)C2)CCCCC1. The number of para-hydroxylation sites is 2. The second-order valence-electron chi connectivity index (χ2n) is 7.43. The zero-order valence-corrected chi connectivity index (χ0v) is 16.5. The molecule has 0 bridgehead atoms. The van der Waals surface area contributed by atoms with Gasteiger partial charge in [-0.1, -0.05) is 31.4 Å². The van der Waals surface area contributed by atoms with Crippen LogP contribution in [0.3, 0.4) is 0 Å². The summed E-state index contributed by atoms with van der Waals surface area (Å²) in [5, 5.41) is 2.96. The Bertz CT molecular complexity index is 742. The molecule has 1 saturated carbocycles. The van der Waals surface area contributed by atoms with Crippen LogP contribution in [0.15, 0.2) is 24.3 Å². The lowest BCUT2D eigenvalue weighted by Gasteiger charge is -2.36. The average molecular weight is 388 g/mol. The minimum atomic E-state index is -0.966. The van der Waals surface area contributed by atoms with Crippen LogP contribution in [0.5, 0.6) is 5.75 Å². The van der Waals surface area contributed by atoms with E-state index < -0.39 is 11.5 Å². The Hall–Kier alpha value is -2.57. The molecule has 1 unspecified atom stereocenters. The number of anilines is 1. The second kappa shape index (κ2) is 8.63. The van der Waals surface area contributed by atoms with Crippen molar-refractivity contribution in [3.05, 3.63) is 24.3 Å². The number of ether oxygens (including phenoxy) is 2. The maximum absolute atomic E-state index is 13.0. The first-order valence-electron chi connectivity index (χ1n) is 9.93. The topological polar surface area (TPSA) is 84.9 Å². The van der Waals surface area contributed by atoms with Gasteiger partial charge in [-0.25, -0.2) is 4.79 Å². The number of hydrogen-bond donors (Lipinski definition) is 1. The van der Waals surface area contributed by atoms with Crippen LogP contribution in [0.25, 0.3) is 0 Å². The molecule has 0 aromatic heterocycles. The molecule has 1 aliphatic carbocycles. The Morgan fingerprint density at radius 2 is 1.93 bits per heavy atom. The van der Waals surface area contributed by atoms with Gasteiger partial charge in [0.25, 0.3) is 0 Å². The predicted octanol–water partition coefficient (Wildman–Crippen LogP) is 2.43. The standard InChI is InChI=1S/C21H28N2O5/c1-3-28-20(26)21(11-7-4-8-12-21)22-19(25)15-13-18(24)23(14-15)16-9-5-6-10-17(16)27-2/h5-6,9-10,15H,3-4,7-8,11-14H2,1-2H3,(H,22,25). The molecule has 2 aliphatic rings. The molecule has 1 N–H and O–H groups in total. The molecule has 2 fully saturated rings. The molecular formula is C21H28N2O5. The fourth-order valence-corrected chi connectivity index (χ4v) is 4.11. The number of esters is 1. The zero-order chi connectivity index (χ0) is 20.1. The van der Waals surface area contributed by atoms with Gasteiger partial charge in [0.1, 0.15) is 11.3 Å². The van der Waals surface area contributed by atoms with Gasteiger partial charge in [0, 0.05) is 13.0 Å². The van der Waals surface area contributed by atoms with E-state index in [-0.39, 0.29) is 37.4 Å². The zero-order valence-electron chi connectivity index (χ0n) is 16.5. The number of nitrogens with one attached hydrogen (secondary N) is 1. The first-order valence-corrected chi connectivity index (χ1v) is 9.93. The number of benzene rings is 1. The Morgan fingerprint density at radius 1 is 1.21 bits per heavy atom. The quantitative estimate of drug-likeness (QED) is 0.757. The molecule has 3 rings (SSSR count). The van der Waals surface area contributed by atoms with Crippen LogP contribution in [-0.4, -0.2) is 43.6 Å². The van der Waals surface area contributed by atoms with Crippen LogP contribution in [0.1, 0.15) is 45.4 Å². The van der Waals surface area contributed by atoms with Gasteiger partial charge >= 0.3 is 5.97 Å². The third-order valence-electron chi connectivity index (χ3n) is 5.61. The van der Waals surface area contributed by atoms with E-state index in [2.05, 4.69) is 5.32 Å². The molecule has 1 aromatic rings. The van der Waals surface area contributed by atoms with Crippen molar-refractivity contribution in [2.75, 3.05) is 25.2 Å². The highest BCUT2D eigenvalue weighted by atomic mass is 16.5. The van der Waals surface area contributed by atoms with Crippen molar-refractivity contribution >= 4 is 23.5 Å². The Morgan fingerprint density at radius 3 is 2.61 bits per heavy atom. The molecule has 1 aromatic carbocycles. The number of amides is 2. The summed E-state index contributed by atoms with van der Waals surface area (Å²) in [5.41, 5.74) is -0.310. The number of rotatable bonds is 6. The van der Waals surface area contributed by atoms with Crippen molar-refractivity contribution in [2.24, 2.45) is 5.92 Å². The van der Waals surface area contributed by atoms with Crippen molar-refractivity contribution in [1.82, 2.24) is 5.32 Å². The first-order chi connectivity index (χ1) is 13.5. The lowest BCUT2D eigenvalue weighted by molar-refractivity contribution is -0.155. The van der Waals surface area contributed by atoms with Crippen molar-refractivity contribution < 1.29 is 23.9 Å². The van der Waals surface area contributed by atoms with Gasteiger partial charge in [0.15, 0.2) is 0 Å². The van der Waals surface area contributed by atoms with E-state index in [0.717, 1.165) is 19.3 Å². The van der Waals surface area contributed by atoms with E-state index >= 15 is 0 Å². The van der Waals surface area contributed by atoms with E-state index in [1.54, 1.807) is 31.1 Å². The molecular weight excluding hydrogens is 360 g/mol. The van der Waals surface area contributed by atoms with Crippen molar-refractivity contribution in [3.63, 3.8) is 0 Å². The average Bonchev–Trinajstić information content (AvgIpc) is 3.10. The first kappa shape index (κ1) is 20.2. The van der Waals surface area contributed by atoms with Gasteiger partial charge in [0.2, 0.25) is 11.8 Å². The monoisotopic (exact) mass is 388 g/mol. The van der Waals surface area contributed by atoms with E-state index in [1.807, 2.05) is 12.1 Å². The predicted molar refractivity (Wildman–Crippen MR) is 104 cm³/mol. The molecule has 1 atom stereocenters. The van der Waals surface area contributed by atoms with Crippen LogP contribution in [0.4, 0.5) is 5.69 Å². The van der Waals surface area contributed by atoms with Crippen LogP contribution in [-0.2, 0) is 19.1 Å². The van der Waals surface area contributed by atoms with Crippen LogP contribution in [0.2, 0.25) is 0 Å². The van der Waals surface area contributed by atoms with Crippen molar-refractivity contribution in [3.8, 4) is 5.75 Å². The number of nitrogens with zero attached hydrogens (tertiary/aromatic N) is 1. The number of carbonyl (C=O) groups is 3. The Kier molecular flexibility index (Phi) is 6.21. The fourth-order valence-electron chi connectivity index (χ4n) is 4.11. The summed E-state index contributed by atoms with van der Waals surface area (Å²) >= 11 is 0. The van der Waals surface area contributed by atoms with E-state index in [9.17, 15) is 14.4 Å². The number of hydrogen-bond acceptors (Lipinski definition) is 5. The molecule has 1 aliphatic heterocycles. The van der Waals surface area contributed by atoms with Crippen LogP contribution >= 0.6 is 0 Å². The van der Waals surface area contributed by atoms with E-state index in [1.165, 1.54) is 0 Å². The van der Waals surface area contributed by atoms with Gasteiger partial charge in [-0.15, -0.1) is 0 Å². The van der Waals surface area contributed by atoms with Crippen LogP contribution in [0, 0.1) is 5.92 Å². The summed E-state index contributed by atoms with van der Waals surface area (Å²) in [7, 11) is 1.55. The van der Waals surface area contributed by atoms with Gasteiger partial charge < -0.3 is 19.7 Å². The summed E-state index contributed by atoms with van der Waals surface area (Å²) in [6.07, 6.45) is 4.05. The van der Waals surface area contributed by atoms with E-state index in [4.69, 9.17) is 9.47 Å². The lowest BCUT2D eigenvalue weighted by Crippen LogP contribution is -2.57. The molecule has 7 heteroatoms. The summed E-state index contributed by atoms with van der Waals surface area (Å²) in [5.74, 6) is -0.675. The maximum atomic E-state index is 13.0. The smallest absolute Gasteiger partial charge is 0.331 e. The lowest BCUT2D eigenvalue weighted by atomic mass is 9.81. The van der Waals surface area contributed by atoms with Crippen molar-refractivity contribution in [2.45, 2.75) is 51.0 Å². The number of carbonyl (C=O) groups excluding carboxylic acids is 3. The fraction of sp³-hybridized carbons (Fsp3) is 0.571. The summed E-state index contributed by atoms with van der Waals surface area (Å²) in [4.78, 5) is 39.7. The molecule has 1 heterocycles. The molecule has 0 spiro atoms. The summed E-state index contributed by atoms with van der Waals surface area (Å²) in [6.45, 7) is 2.31. The highest BCUT2D eigenvalue weighted by molar-refractivity contribution is 6.02. The van der Waals surface area contributed by atoms with Crippen molar-refractivity contribution in [1.29, 1.82) is 0 Å². The Labute approximate surface area is 165 Å². The van der Waals surface area contributed by atoms with Gasteiger partial charge in [-0.05, 0) is 31.9 Å². The largest absolute Gasteiger partial charge is 0.495 e. The van der Waals surface area contributed by atoms with Gasteiger partial charge in [-0.3, -0.25) is 9.59 Å². The molecule has 152 valence electrons. The normalized spacial score (nSPS) is 21.3. The summed E-state index contributed by atoms with van der Waals surface area (Å²) < 4.78 is 10.6. The minimum Gasteiger partial charge on any atom is -0.495 e. The maximum Gasteiger partial charge on any atom is 0.331 e.